The first-order chi connectivity index (χ1) is 19.9. The van der Waals surface area contributed by atoms with E-state index in [4.69, 9.17) is 19.5 Å². The second kappa shape index (κ2) is 12.3. The van der Waals surface area contributed by atoms with E-state index >= 15 is 0 Å². The molecule has 1 saturated heterocycles. The third kappa shape index (κ3) is 5.94. The molecule has 1 fully saturated rings. The summed E-state index contributed by atoms with van der Waals surface area (Å²) in [5.41, 5.74) is 7.16. The van der Waals surface area contributed by atoms with Crippen molar-refractivity contribution >= 4 is 6.09 Å². The van der Waals surface area contributed by atoms with Gasteiger partial charge >= 0.3 is 6.09 Å². The van der Waals surface area contributed by atoms with Crippen molar-refractivity contribution in [2.75, 3.05) is 6.61 Å². The molecule has 0 radical (unpaired) electrons. The molecule has 0 spiro atoms. The van der Waals surface area contributed by atoms with Crippen LogP contribution in [0.5, 0.6) is 5.75 Å². The van der Waals surface area contributed by atoms with Gasteiger partial charge in [0.1, 0.15) is 12.0 Å². The number of hydrogen-bond acceptors (Lipinski definition) is 9. The molecule has 4 heterocycles. The summed E-state index contributed by atoms with van der Waals surface area (Å²) < 4.78 is 6.99. The minimum absolute atomic E-state index is 0.0203. The maximum absolute atomic E-state index is 14.0. The lowest BCUT2D eigenvalue weighted by Gasteiger charge is -2.18. The smallest absolute Gasteiger partial charge is 0.427 e. The largest absolute Gasteiger partial charge is 0.491 e. The molecule has 212 valence electrons. The summed E-state index contributed by atoms with van der Waals surface area (Å²) in [5, 5.41) is 2.73. The van der Waals surface area contributed by atoms with Crippen molar-refractivity contribution in [1.29, 1.82) is 0 Å². The van der Waals surface area contributed by atoms with Crippen LogP contribution in [0.15, 0.2) is 59.8 Å². The number of carbonyl (C=O) groups is 1. The summed E-state index contributed by atoms with van der Waals surface area (Å²) in [6.45, 7) is 8.46. The number of pyridine rings is 1. The number of benzene rings is 1. The zero-order valence-corrected chi connectivity index (χ0v) is 23.5. The molecular formula is C30H33N7O4. The van der Waals surface area contributed by atoms with Crippen LogP contribution in [0.3, 0.4) is 0 Å². The Labute approximate surface area is 238 Å². The van der Waals surface area contributed by atoms with Crippen LogP contribution in [0.1, 0.15) is 74.4 Å². The van der Waals surface area contributed by atoms with Gasteiger partial charge in [0.2, 0.25) is 5.95 Å². The molecule has 2 N–H and O–H groups in total. The fraction of sp³-hybridized carbons (Fsp3) is 0.333. The molecule has 1 unspecified atom stereocenters. The lowest BCUT2D eigenvalue weighted by molar-refractivity contribution is 0.122. The molecule has 1 aliphatic rings. The van der Waals surface area contributed by atoms with Crippen LogP contribution >= 0.6 is 0 Å². The van der Waals surface area contributed by atoms with Crippen molar-refractivity contribution in [2.24, 2.45) is 0 Å². The van der Waals surface area contributed by atoms with Gasteiger partial charge in [-0.1, -0.05) is 57.5 Å². The van der Waals surface area contributed by atoms with Crippen molar-refractivity contribution in [3.8, 4) is 23.0 Å². The first-order valence-electron chi connectivity index (χ1n) is 13.8. The number of nitrogens with zero attached hydrogens (tertiary/aromatic N) is 5. The van der Waals surface area contributed by atoms with Crippen LogP contribution in [-0.2, 0) is 17.7 Å². The molecule has 4 aromatic rings. The van der Waals surface area contributed by atoms with E-state index in [0.29, 0.717) is 36.6 Å². The maximum atomic E-state index is 14.0. The molecule has 1 aliphatic heterocycles. The van der Waals surface area contributed by atoms with Crippen molar-refractivity contribution in [2.45, 2.75) is 59.0 Å². The highest BCUT2D eigenvalue weighted by Crippen LogP contribution is 2.28. The van der Waals surface area contributed by atoms with Crippen LogP contribution in [0, 0.1) is 0 Å². The normalized spacial score (nSPS) is 14.7. The third-order valence-electron chi connectivity index (χ3n) is 6.70. The number of nitrogens with one attached hydrogen (secondary N) is 2. The molecule has 0 bridgehead atoms. The molecule has 11 heteroatoms. The minimum Gasteiger partial charge on any atom is -0.491 e. The van der Waals surface area contributed by atoms with E-state index in [-0.39, 0.29) is 17.4 Å². The van der Waals surface area contributed by atoms with Gasteiger partial charge in [-0.25, -0.2) is 24.3 Å². The number of aromatic nitrogens is 5. The van der Waals surface area contributed by atoms with Gasteiger partial charge in [-0.3, -0.25) is 15.1 Å². The molecule has 0 saturated carbocycles. The summed E-state index contributed by atoms with van der Waals surface area (Å²) >= 11 is 0. The highest BCUT2D eigenvalue weighted by molar-refractivity contribution is 5.71. The monoisotopic (exact) mass is 555 g/mol. The average molecular weight is 556 g/mol. The van der Waals surface area contributed by atoms with Crippen molar-refractivity contribution in [3.63, 3.8) is 0 Å². The molecular weight excluding hydrogens is 522 g/mol. The predicted molar refractivity (Wildman–Crippen MR) is 153 cm³/mol. The number of rotatable bonds is 10. The number of amides is 1. The van der Waals surface area contributed by atoms with Crippen LogP contribution in [0.25, 0.3) is 17.2 Å². The summed E-state index contributed by atoms with van der Waals surface area (Å²) in [4.78, 5) is 49.0. The molecule has 1 aromatic carbocycles. The molecule has 1 amide bonds. The van der Waals surface area contributed by atoms with Gasteiger partial charge in [0.25, 0.3) is 5.56 Å². The maximum Gasteiger partial charge on any atom is 0.427 e. The Hall–Kier alpha value is -4.64. The van der Waals surface area contributed by atoms with E-state index in [1.54, 1.807) is 18.6 Å². The van der Waals surface area contributed by atoms with E-state index in [1.807, 2.05) is 57.2 Å². The highest BCUT2D eigenvalue weighted by Gasteiger charge is 2.26. The molecule has 3 aromatic heterocycles. The number of hydroxylamine groups is 1. The Morgan fingerprint density at radius 3 is 2.44 bits per heavy atom. The lowest BCUT2D eigenvalue weighted by Crippen LogP contribution is -2.31. The zero-order valence-electron chi connectivity index (χ0n) is 23.5. The SMILES string of the molecule is CCCc1nc(C(C)C)n(-c2ncc(OCC)cn2)c(=O)c1Cc1ccc(-c2ccccc2C2NOC(=O)N2)nc1. The van der Waals surface area contributed by atoms with Crippen LogP contribution < -0.4 is 21.1 Å². The van der Waals surface area contributed by atoms with Crippen molar-refractivity contribution in [1.82, 2.24) is 35.3 Å². The van der Waals surface area contributed by atoms with E-state index in [9.17, 15) is 9.59 Å². The van der Waals surface area contributed by atoms with Crippen LogP contribution in [-0.4, -0.2) is 37.2 Å². The van der Waals surface area contributed by atoms with Gasteiger partial charge in [-0.05, 0) is 25.0 Å². The summed E-state index contributed by atoms with van der Waals surface area (Å²) in [7, 11) is 0. The molecule has 0 aliphatic carbocycles. The number of hydrogen-bond donors (Lipinski definition) is 2. The third-order valence-corrected chi connectivity index (χ3v) is 6.70. The Balaban J connectivity index is 1.51. The number of aryl methyl sites for hydroxylation is 1. The molecule has 11 nitrogen and oxygen atoms in total. The standard InChI is InChI=1S/C30H33N7O4/c1-5-9-25-23(28(38)37(27(34-25)18(3)4)29-32-16-20(17-33-29)40-6-2)14-19-12-13-24(31-15-19)21-10-7-8-11-22(21)26-35-30(39)41-36-26/h7-8,10-13,15-18,26,36H,5-6,9,14H2,1-4H3,(H,35,39). The highest BCUT2D eigenvalue weighted by atomic mass is 16.7. The second-order valence-electron chi connectivity index (χ2n) is 9.99. The van der Waals surface area contributed by atoms with E-state index in [0.717, 1.165) is 34.5 Å². The van der Waals surface area contributed by atoms with Gasteiger partial charge < -0.3 is 9.57 Å². The van der Waals surface area contributed by atoms with E-state index in [1.165, 1.54) is 4.57 Å². The van der Waals surface area contributed by atoms with Gasteiger partial charge in [0.15, 0.2) is 5.75 Å². The Morgan fingerprint density at radius 2 is 1.80 bits per heavy atom. The van der Waals surface area contributed by atoms with Crippen LogP contribution in [0.2, 0.25) is 0 Å². The first-order valence-corrected chi connectivity index (χ1v) is 13.8. The van der Waals surface area contributed by atoms with Gasteiger partial charge in [0, 0.05) is 35.2 Å². The number of ether oxygens (including phenoxy) is 1. The van der Waals surface area contributed by atoms with Crippen LogP contribution in [0.4, 0.5) is 4.79 Å². The van der Waals surface area contributed by atoms with Gasteiger partial charge in [0.05, 0.1) is 30.4 Å². The molecule has 41 heavy (non-hydrogen) atoms. The van der Waals surface area contributed by atoms with Gasteiger partial charge in [-0.15, -0.1) is 5.48 Å². The van der Waals surface area contributed by atoms with Crippen molar-refractivity contribution < 1.29 is 14.4 Å². The summed E-state index contributed by atoms with van der Waals surface area (Å²) in [6.07, 6.45) is 5.79. The minimum atomic E-state index is -0.533. The quantitative estimate of drug-likeness (QED) is 0.292. The first kappa shape index (κ1) is 27.9. The van der Waals surface area contributed by atoms with Gasteiger partial charge in [-0.2, -0.15) is 0 Å². The molecule has 5 rings (SSSR count). The Morgan fingerprint density at radius 1 is 1.02 bits per heavy atom. The summed E-state index contributed by atoms with van der Waals surface area (Å²) in [5.74, 6) is 1.40. The lowest BCUT2D eigenvalue weighted by atomic mass is 9.99. The number of carbonyl (C=O) groups excluding carboxylic acids is 1. The fourth-order valence-corrected chi connectivity index (χ4v) is 4.79. The fourth-order valence-electron chi connectivity index (χ4n) is 4.79. The average Bonchev–Trinajstić information content (AvgIpc) is 3.42. The zero-order chi connectivity index (χ0) is 28.9. The van der Waals surface area contributed by atoms with Crippen molar-refractivity contribution in [3.05, 3.63) is 93.6 Å². The Kier molecular flexibility index (Phi) is 8.34. The molecule has 1 atom stereocenters. The van der Waals surface area contributed by atoms with E-state index < -0.39 is 12.3 Å². The second-order valence-corrected chi connectivity index (χ2v) is 9.99. The Bertz CT molecular complexity index is 1580. The summed E-state index contributed by atoms with van der Waals surface area (Å²) in [6, 6.07) is 11.5. The van der Waals surface area contributed by atoms with E-state index in [2.05, 4.69) is 27.7 Å². The predicted octanol–water partition coefficient (Wildman–Crippen LogP) is 4.39. The topological polar surface area (TPSA) is 133 Å².